The lowest BCUT2D eigenvalue weighted by molar-refractivity contribution is 0.101. The number of aromatic nitrogens is 2. The summed E-state index contributed by atoms with van der Waals surface area (Å²) in [4.78, 5) is 12.2. The van der Waals surface area contributed by atoms with E-state index in [9.17, 15) is 4.79 Å². The van der Waals surface area contributed by atoms with Crippen molar-refractivity contribution in [2.75, 3.05) is 5.32 Å². The van der Waals surface area contributed by atoms with Crippen LogP contribution < -0.4 is 5.32 Å². The Morgan fingerprint density at radius 2 is 2.05 bits per heavy atom. The zero-order chi connectivity index (χ0) is 14.0. The zero-order valence-electron chi connectivity index (χ0n) is 11.8. The van der Waals surface area contributed by atoms with Crippen LogP contribution in [0.4, 0.5) is 5.69 Å². The van der Waals surface area contributed by atoms with Crippen LogP contribution in [0.2, 0.25) is 0 Å². The monoisotopic (exact) mass is 257 g/mol. The Morgan fingerprint density at radius 1 is 1.32 bits per heavy atom. The quantitative estimate of drug-likeness (QED) is 0.918. The van der Waals surface area contributed by atoms with Gasteiger partial charge in [0.05, 0.1) is 5.69 Å². The number of carbonyl (C=O) groups is 1. The van der Waals surface area contributed by atoms with Crippen LogP contribution in [-0.2, 0) is 7.05 Å². The summed E-state index contributed by atoms with van der Waals surface area (Å²) in [6, 6.07) is 9.70. The first-order chi connectivity index (χ1) is 8.97. The van der Waals surface area contributed by atoms with Crippen LogP contribution in [0.25, 0.3) is 0 Å². The van der Waals surface area contributed by atoms with Gasteiger partial charge < -0.3 is 5.32 Å². The van der Waals surface area contributed by atoms with Crippen molar-refractivity contribution in [3.8, 4) is 0 Å². The third-order valence-corrected chi connectivity index (χ3v) is 3.05. The summed E-state index contributed by atoms with van der Waals surface area (Å²) >= 11 is 0. The van der Waals surface area contributed by atoms with Gasteiger partial charge in [0.25, 0.3) is 5.91 Å². The lowest BCUT2D eigenvalue weighted by atomic mass is 10.0. The van der Waals surface area contributed by atoms with Gasteiger partial charge in [-0.3, -0.25) is 9.48 Å². The van der Waals surface area contributed by atoms with Gasteiger partial charge in [0.2, 0.25) is 0 Å². The maximum absolute atomic E-state index is 12.2. The van der Waals surface area contributed by atoms with Crippen molar-refractivity contribution in [3.63, 3.8) is 0 Å². The molecule has 1 N–H and O–H groups in total. The number of nitrogens with one attached hydrogen (secondary N) is 1. The van der Waals surface area contributed by atoms with Gasteiger partial charge in [0.1, 0.15) is 5.69 Å². The standard InChI is InChI=1S/C15H19N3O/c1-10(2)12-6-5-7-13(9-12)16-15(19)14-8-11(3)17-18(14)4/h5-10H,1-4H3,(H,16,19). The van der Waals surface area contributed by atoms with Crippen molar-refractivity contribution < 1.29 is 4.79 Å². The van der Waals surface area contributed by atoms with E-state index in [2.05, 4.69) is 30.3 Å². The Kier molecular flexibility index (Phi) is 3.69. The summed E-state index contributed by atoms with van der Waals surface area (Å²) in [5.74, 6) is 0.305. The minimum absolute atomic E-state index is 0.135. The van der Waals surface area contributed by atoms with Crippen LogP contribution in [0.1, 0.15) is 41.5 Å². The lowest BCUT2D eigenvalue weighted by Gasteiger charge is -2.09. The van der Waals surface area contributed by atoms with Gasteiger partial charge in [-0.05, 0) is 36.6 Å². The normalized spacial score (nSPS) is 10.8. The average Bonchev–Trinajstić information content (AvgIpc) is 2.69. The van der Waals surface area contributed by atoms with Crippen molar-refractivity contribution in [1.82, 2.24) is 9.78 Å². The Bertz CT molecular complexity index is 599. The van der Waals surface area contributed by atoms with Crippen LogP contribution in [0.5, 0.6) is 0 Å². The van der Waals surface area contributed by atoms with Gasteiger partial charge in [-0.2, -0.15) is 5.10 Å². The molecule has 0 spiro atoms. The van der Waals surface area contributed by atoms with Crippen LogP contribution in [0.15, 0.2) is 30.3 Å². The minimum atomic E-state index is -0.135. The molecule has 2 rings (SSSR count). The molecule has 2 aromatic rings. The highest BCUT2D eigenvalue weighted by molar-refractivity contribution is 6.03. The summed E-state index contributed by atoms with van der Waals surface area (Å²) in [7, 11) is 1.77. The predicted molar refractivity (Wildman–Crippen MR) is 76.4 cm³/mol. The Balaban J connectivity index is 2.19. The summed E-state index contributed by atoms with van der Waals surface area (Å²) < 4.78 is 1.59. The van der Waals surface area contributed by atoms with E-state index >= 15 is 0 Å². The van der Waals surface area contributed by atoms with Gasteiger partial charge >= 0.3 is 0 Å². The topological polar surface area (TPSA) is 46.9 Å². The number of amides is 1. The number of hydrogen-bond donors (Lipinski definition) is 1. The molecule has 0 aliphatic rings. The SMILES string of the molecule is Cc1cc(C(=O)Nc2cccc(C(C)C)c2)n(C)n1. The predicted octanol–water partition coefficient (Wildman–Crippen LogP) is 3.10. The first-order valence-electron chi connectivity index (χ1n) is 6.39. The van der Waals surface area contributed by atoms with Crippen molar-refractivity contribution in [3.05, 3.63) is 47.3 Å². The van der Waals surface area contributed by atoms with Crippen LogP contribution in [-0.4, -0.2) is 15.7 Å². The molecule has 4 heteroatoms. The van der Waals surface area contributed by atoms with Gasteiger partial charge in [-0.15, -0.1) is 0 Å². The molecule has 19 heavy (non-hydrogen) atoms. The highest BCUT2D eigenvalue weighted by Crippen LogP contribution is 2.19. The molecule has 0 atom stereocenters. The van der Waals surface area contributed by atoms with Gasteiger partial charge in [-0.1, -0.05) is 26.0 Å². The summed E-state index contributed by atoms with van der Waals surface area (Å²) in [5, 5.41) is 7.08. The van der Waals surface area contributed by atoms with Crippen LogP contribution >= 0.6 is 0 Å². The van der Waals surface area contributed by atoms with Crippen molar-refractivity contribution in [2.45, 2.75) is 26.7 Å². The Hall–Kier alpha value is -2.10. The van der Waals surface area contributed by atoms with Gasteiger partial charge in [0.15, 0.2) is 0 Å². The molecule has 1 aromatic heterocycles. The van der Waals surface area contributed by atoms with E-state index < -0.39 is 0 Å². The van der Waals surface area contributed by atoms with E-state index in [0.717, 1.165) is 11.4 Å². The molecule has 0 aliphatic heterocycles. The summed E-state index contributed by atoms with van der Waals surface area (Å²) in [6.45, 7) is 6.13. The van der Waals surface area contributed by atoms with Crippen LogP contribution in [0, 0.1) is 6.92 Å². The fraction of sp³-hybridized carbons (Fsp3) is 0.333. The molecular formula is C15H19N3O. The second kappa shape index (κ2) is 5.26. The lowest BCUT2D eigenvalue weighted by Crippen LogP contribution is -2.16. The van der Waals surface area contributed by atoms with Gasteiger partial charge in [0, 0.05) is 12.7 Å². The molecule has 0 saturated carbocycles. The van der Waals surface area contributed by atoms with E-state index in [4.69, 9.17) is 0 Å². The highest BCUT2D eigenvalue weighted by atomic mass is 16.2. The van der Waals surface area contributed by atoms with Crippen molar-refractivity contribution >= 4 is 11.6 Å². The fourth-order valence-corrected chi connectivity index (χ4v) is 1.99. The molecule has 0 aliphatic carbocycles. The summed E-state index contributed by atoms with van der Waals surface area (Å²) in [5.41, 5.74) is 3.42. The molecule has 0 radical (unpaired) electrons. The summed E-state index contributed by atoms with van der Waals surface area (Å²) in [6.07, 6.45) is 0. The maximum Gasteiger partial charge on any atom is 0.273 e. The second-order valence-electron chi connectivity index (χ2n) is 5.03. The maximum atomic E-state index is 12.2. The van der Waals surface area contributed by atoms with E-state index in [-0.39, 0.29) is 5.91 Å². The molecule has 1 aromatic carbocycles. The number of carbonyl (C=O) groups excluding carboxylic acids is 1. The van der Waals surface area contributed by atoms with Crippen molar-refractivity contribution in [2.24, 2.45) is 7.05 Å². The smallest absolute Gasteiger partial charge is 0.273 e. The number of nitrogens with zero attached hydrogens (tertiary/aromatic N) is 2. The number of rotatable bonds is 3. The zero-order valence-corrected chi connectivity index (χ0v) is 11.8. The Labute approximate surface area is 113 Å². The number of benzene rings is 1. The Morgan fingerprint density at radius 3 is 2.63 bits per heavy atom. The van der Waals surface area contributed by atoms with Crippen molar-refractivity contribution in [1.29, 1.82) is 0 Å². The average molecular weight is 257 g/mol. The third kappa shape index (κ3) is 3.02. The number of hydrogen-bond acceptors (Lipinski definition) is 2. The molecule has 0 fully saturated rings. The largest absolute Gasteiger partial charge is 0.321 e. The molecule has 4 nitrogen and oxygen atoms in total. The molecule has 1 amide bonds. The number of anilines is 1. The van der Waals surface area contributed by atoms with Gasteiger partial charge in [-0.25, -0.2) is 0 Å². The first-order valence-corrected chi connectivity index (χ1v) is 6.39. The van der Waals surface area contributed by atoms with E-state index in [0.29, 0.717) is 11.6 Å². The second-order valence-corrected chi connectivity index (χ2v) is 5.03. The third-order valence-electron chi connectivity index (χ3n) is 3.05. The minimum Gasteiger partial charge on any atom is -0.321 e. The fourth-order valence-electron chi connectivity index (χ4n) is 1.99. The molecule has 0 unspecified atom stereocenters. The van der Waals surface area contributed by atoms with E-state index in [1.54, 1.807) is 17.8 Å². The van der Waals surface area contributed by atoms with E-state index in [1.165, 1.54) is 5.56 Å². The molecule has 100 valence electrons. The molecule has 0 bridgehead atoms. The van der Waals surface area contributed by atoms with E-state index in [1.807, 2.05) is 25.1 Å². The molecule has 0 saturated heterocycles. The number of aryl methyl sites for hydroxylation is 2. The molecule has 1 heterocycles. The first kappa shape index (κ1) is 13.3. The highest BCUT2D eigenvalue weighted by Gasteiger charge is 2.12. The molecular weight excluding hydrogens is 238 g/mol. The van der Waals surface area contributed by atoms with Crippen LogP contribution in [0.3, 0.4) is 0 Å².